The average Bonchev–Trinajstić information content (AvgIpc) is 2.79. The molecule has 0 aromatic heterocycles. The van der Waals surface area contributed by atoms with E-state index in [-0.39, 0.29) is 6.10 Å². The van der Waals surface area contributed by atoms with Crippen LogP contribution in [0.1, 0.15) is 17.5 Å². The summed E-state index contributed by atoms with van der Waals surface area (Å²) in [6.07, 6.45) is 0.968. The normalized spacial score (nSPS) is 29.4. The van der Waals surface area contributed by atoms with Crippen LogP contribution in [-0.2, 0) is 6.54 Å². The van der Waals surface area contributed by atoms with Crippen LogP contribution in [-0.4, -0.2) is 29.2 Å². The summed E-state index contributed by atoms with van der Waals surface area (Å²) in [6.45, 7) is 5.41. The summed E-state index contributed by atoms with van der Waals surface area (Å²) in [6, 6.07) is 13.2. The third-order valence-electron chi connectivity index (χ3n) is 5.23. The van der Waals surface area contributed by atoms with Crippen LogP contribution in [0.15, 0.2) is 36.4 Å². The van der Waals surface area contributed by atoms with E-state index in [1.165, 1.54) is 21.9 Å². The Balaban J connectivity index is 1.62. The Bertz CT molecular complexity index is 651. The van der Waals surface area contributed by atoms with Crippen molar-refractivity contribution in [3.05, 3.63) is 47.5 Å². The fourth-order valence-electron chi connectivity index (χ4n) is 3.98. The maximum Gasteiger partial charge on any atom is 0.0587 e. The Morgan fingerprint density at radius 1 is 1.10 bits per heavy atom. The van der Waals surface area contributed by atoms with Gasteiger partial charge in [-0.1, -0.05) is 36.4 Å². The van der Waals surface area contributed by atoms with Crippen molar-refractivity contribution < 1.29 is 5.11 Å². The second-order valence-corrected chi connectivity index (χ2v) is 6.51. The fourth-order valence-corrected chi connectivity index (χ4v) is 3.98. The van der Waals surface area contributed by atoms with E-state index in [0.29, 0.717) is 5.92 Å². The lowest BCUT2D eigenvalue weighted by molar-refractivity contribution is -0.00435. The molecule has 20 heavy (non-hydrogen) atoms. The monoisotopic (exact) mass is 267 g/mol. The highest BCUT2D eigenvalue weighted by Crippen LogP contribution is 2.41. The van der Waals surface area contributed by atoms with E-state index in [1.54, 1.807) is 0 Å². The Labute approximate surface area is 120 Å². The summed E-state index contributed by atoms with van der Waals surface area (Å²) in [5.41, 5.74) is 2.77. The SMILES string of the molecule is Cc1ccc(CN2C[C@H]3C[C@@H](O)[C@H]3C2)c2ccccc12. The Kier molecular flexibility index (Phi) is 2.83. The van der Waals surface area contributed by atoms with Crippen LogP contribution < -0.4 is 0 Å². The van der Waals surface area contributed by atoms with Crippen LogP contribution in [0.5, 0.6) is 0 Å². The first-order valence-electron chi connectivity index (χ1n) is 7.60. The lowest BCUT2D eigenvalue weighted by Crippen LogP contribution is -2.39. The van der Waals surface area contributed by atoms with E-state index in [4.69, 9.17) is 0 Å². The Hall–Kier alpha value is -1.38. The van der Waals surface area contributed by atoms with E-state index < -0.39 is 0 Å². The van der Waals surface area contributed by atoms with Crippen molar-refractivity contribution in [1.82, 2.24) is 4.90 Å². The molecule has 0 bridgehead atoms. The molecule has 1 saturated heterocycles. The standard InChI is InChI=1S/C18H21NO/c1-12-6-7-13(16-5-3-2-4-15(12)16)9-19-10-14-8-18(20)17(14)11-19/h2-7,14,17-18,20H,8-11H2,1H3/t14-,17+,18-/m1/s1. The molecule has 2 aromatic rings. The van der Waals surface area contributed by atoms with Gasteiger partial charge in [-0.2, -0.15) is 0 Å². The molecule has 1 N–H and O–H groups in total. The van der Waals surface area contributed by atoms with Crippen LogP contribution in [0, 0.1) is 18.8 Å². The molecular formula is C18H21NO. The van der Waals surface area contributed by atoms with Gasteiger partial charge in [0.1, 0.15) is 0 Å². The van der Waals surface area contributed by atoms with Gasteiger partial charge < -0.3 is 5.11 Å². The summed E-state index contributed by atoms with van der Waals surface area (Å²) in [7, 11) is 0. The topological polar surface area (TPSA) is 23.5 Å². The van der Waals surface area contributed by atoms with Gasteiger partial charge in [0.05, 0.1) is 6.10 Å². The first-order valence-corrected chi connectivity index (χ1v) is 7.60. The first kappa shape index (κ1) is 12.4. The highest BCUT2D eigenvalue weighted by atomic mass is 16.3. The molecule has 104 valence electrons. The molecule has 1 aliphatic heterocycles. The van der Waals surface area contributed by atoms with Crippen molar-refractivity contribution in [2.75, 3.05) is 13.1 Å². The molecule has 0 unspecified atom stereocenters. The summed E-state index contributed by atoms with van der Waals surface area (Å²) >= 11 is 0. The van der Waals surface area contributed by atoms with Gasteiger partial charge in [0.2, 0.25) is 0 Å². The third kappa shape index (κ3) is 1.87. The molecule has 3 atom stereocenters. The van der Waals surface area contributed by atoms with E-state index in [0.717, 1.165) is 32.0 Å². The smallest absolute Gasteiger partial charge is 0.0587 e. The molecule has 2 heteroatoms. The number of hydrogen-bond acceptors (Lipinski definition) is 2. The third-order valence-corrected chi connectivity index (χ3v) is 5.23. The number of hydrogen-bond donors (Lipinski definition) is 1. The molecule has 4 rings (SSSR count). The number of rotatable bonds is 2. The summed E-state index contributed by atoms with van der Waals surface area (Å²) in [5.74, 6) is 1.27. The average molecular weight is 267 g/mol. The predicted molar refractivity (Wildman–Crippen MR) is 81.6 cm³/mol. The predicted octanol–water partition coefficient (Wildman–Crippen LogP) is 2.96. The number of likely N-dealkylation sites (tertiary alicyclic amines) is 1. The number of fused-ring (bicyclic) bond motifs is 2. The molecule has 2 aromatic carbocycles. The van der Waals surface area contributed by atoms with Gasteiger partial charge in [0.15, 0.2) is 0 Å². The molecule has 0 amide bonds. The molecular weight excluding hydrogens is 246 g/mol. The quantitative estimate of drug-likeness (QED) is 0.904. The van der Waals surface area contributed by atoms with E-state index in [9.17, 15) is 5.11 Å². The molecule has 1 heterocycles. The minimum atomic E-state index is -0.0419. The summed E-state index contributed by atoms with van der Waals surface area (Å²) < 4.78 is 0. The number of aliphatic hydroxyl groups excluding tert-OH is 1. The van der Waals surface area contributed by atoms with Crippen molar-refractivity contribution in [3.63, 3.8) is 0 Å². The first-order chi connectivity index (χ1) is 9.72. The van der Waals surface area contributed by atoms with Crippen molar-refractivity contribution >= 4 is 10.8 Å². The molecule has 1 aliphatic carbocycles. The van der Waals surface area contributed by atoms with Crippen LogP contribution in [0.4, 0.5) is 0 Å². The van der Waals surface area contributed by atoms with Crippen molar-refractivity contribution in [2.45, 2.75) is 26.0 Å². The number of benzene rings is 2. The van der Waals surface area contributed by atoms with Gasteiger partial charge in [0, 0.05) is 25.6 Å². The molecule has 0 spiro atoms. The lowest BCUT2D eigenvalue weighted by Gasteiger charge is -2.35. The van der Waals surface area contributed by atoms with Gasteiger partial charge in [0.25, 0.3) is 0 Å². The molecule has 0 radical (unpaired) electrons. The van der Waals surface area contributed by atoms with Crippen LogP contribution >= 0.6 is 0 Å². The highest BCUT2D eigenvalue weighted by Gasteiger charge is 2.45. The largest absolute Gasteiger partial charge is 0.393 e. The minimum absolute atomic E-state index is 0.0419. The van der Waals surface area contributed by atoms with Crippen LogP contribution in [0.2, 0.25) is 0 Å². The minimum Gasteiger partial charge on any atom is -0.393 e. The molecule has 2 aliphatic rings. The fraction of sp³-hybridized carbons (Fsp3) is 0.444. The maximum absolute atomic E-state index is 9.78. The zero-order chi connectivity index (χ0) is 13.7. The number of aliphatic hydroxyl groups is 1. The van der Waals surface area contributed by atoms with Gasteiger partial charge >= 0.3 is 0 Å². The van der Waals surface area contributed by atoms with Crippen LogP contribution in [0.3, 0.4) is 0 Å². The van der Waals surface area contributed by atoms with Gasteiger partial charge in [-0.3, -0.25) is 4.90 Å². The van der Waals surface area contributed by atoms with Gasteiger partial charge in [-0.15, -0.1) is 0 Å². The number of aryl methyl sites for hydroxylation is 1. The second-order valence-electron chi connectivity index (χ2n) is 6.51. The molecule has 2 nitrogen and oxygen atoms in total. The number of nitrogens with zero attached hydrogens (tertiary/aromatic N) is 1. The summed E-state index contributed by atoms with van der Waals surface area (Å²) in [5, 5.41) is 12.5. The summed E-state index contributed by atoms with van der Waals surface area (Å²) in [4.78, 5) is 2.52. The zero-order valence-electron chi connectivity index (χ0n) is 11.9. The van der Waals surface area contributed by atoms with Crippen LogP contribution in [0.25, 0.3) is 10.8 Å². The van der Waals surface area contributed by atoms with E-state index >= 15 is 0 Å². The Morgan fingerprint density at radius 2 is 1.90 bits per heavy atom. The van der Waals surface area contributed by atoms with Crippen molar-refractivity contribution in [1.29, 1.82) is 0 Å². The van der Waals surface area contributed by atoms with Gasteiger partial charge in [-0.25, -0.2) is 0 Å². The van der Waals surface area contributed by atoms with Crippen molar-refractivity contribution in [2.24, 2.45) is 11.8 Å². The Morgan fingerprint density at radius 3 is 2.65 bits per heavy atom. The molecule has 1 saturated carbocycles. The second kappa shape index (κ2) is 4.57. The lowest BCUT2D eigenvalue weighted by atomic mass is 9.74. The van der Waals surface area contributed by atoms with E-state index in [1.807, 2.05) is 0 Å². The zero-order valence-corrected chi connectivity index (χ0v) is 11.9. The van der Waals surface area contributed by atoms with E-state index in [2.05, 4.69) is 48.2 Å². The maximum atomic E-state index is 9.78. The molecule has 2 fully saturated rings. The van der Waals surface area contributed by atoms with Crippen molar-refractivity contribution in [3.8, 4) is 0 Å². The van der Waals surface area contributed by atoms with Gasteiger partial charge in [-0.05, 0) is 41.2 Å². The highest BCUT2D eigenvalue weighted by molar-refractivity contribution is 5.88.